The van der Waals surface area contributed by atoms with E-state index in [1.807, 2.05) is 11.8 Å². The molecule has 3 N–H and O–H groups in total. The van der Waals surface area contributed by atoms with E-state index in [9.17, 15) is 4.79 Å². The molecule has 0 bridgehead atoms. The van der Waals surface area contributed by atoms with Gasteiger partial charge in [-0.05, 0) is 19.8 Å². The van der Waals surface area contributed by atoms with Crippen LogP contribution in [0.3, 0.4) is 0 Å². The van der Waals surface area contributed by atoms with Crippen LogP contribution in [0.1, 0.15) is 19.8 Å². The topological polar surface area (TPSA) is 93.4 Å². The molecule has 0 saturated carbocycles. The number of nitrogens with zero attached hydrogens (tertiary/aromatic N) is 3. The molecule has 7 heteroatoms. The van der Waals surface area contributed by atoms with Gasteiger partial charge >= 0.3 is 0 Å². The summed E-state index contributed by atoms with van der Waals surface area (Å²) in [6.45, 7) is 3.83. The highest BCUT2D eigenvalue weighted by Crippen LogP contribution is 2.30. The number of carbonyl (C=O) groups excluding carboxylic acids is 1. The zero-order chi connectivity index (χ0) is 14.5. The first-order valence-electron chi connectivity index (χ1n) is 6.87. The average molecular weight is 279 g/mol. The Hall–Kier alpha value is -2.05. The third-order valence-corrected chi connectivity index (χ3v) is 3.45. The first-order chi connectivity index (χ1) is 9.67. The van der Waals surface area contributed by atoms with Crippen LogP contribution < -0.4 is 20.7 Å². The average Bonchev–Trinajstić information content (AvgIpc) is 2.49. The summed E-state index contributed by atoms with van der Waals surface area (Å²) in [4.78, 5) is 22.1. The van der Waals surface area contributed by atoms with E-state index < -0.39 is 0 Å². The van der Waals surface area contributed by atoms with Gasteiger partial charge < -0.3 is 20.7 Å². The Morgan fingerprint density at radius 1 is 1.60 bits per heavy atom. The summed E-state index contributed by atoms with van der Waals surface area (Å²) < 4.78 is 5.38. The van der Waals surface area contributed by atoms with Crippen LogP contribution in [0.5, 0.6) is 5.88 Å². The van der Waals surface area contributed by atoms with Crippen molar-refractivity contribution in [2.75, 3.05) is 37.4 Å². The van der Waals surface area contributed by atoms with Gasteiger partial charge in [0.25, 0.3) is 0 Å². The molecule has 1 aromatic rings. The third kappa shape index (κ3) is 2.92. The monoisotopic (exact) mass is 279 g/mol. The predicted molar refractivity (Wildman–Crippen MR) is 76.6 cm³/mol. The van der Waals surface area contributed by atoms with Crippen LogP contribution in [0, 0.1) is 5.92 Å². The molecule has 1 saturated heterocycles. The van der Waals surface area contributed by atoms with Crippen molar-refractivity contribution in [2.45, 2.75) is 19.8 Å². The number of nitrogens with two attached hydrogens (primary N) is 1. The van der Waals surface area contributed by atoms with Crippen molar-refractivity contribution in [3.8, 4) is 5.88 Å². The minimum Gasteiger partial charge on any atom is -0.476 e. The molecule has 110 valence electrons. The van der Waals surface area contributed by atoms with Crippen LogP contribution >= 0.6 is 0 Å². The predicted octanol–water partition coefficient (Wildman–Crippen LogP) is 0.420. The van der Waals surface area contributed by atoms with Gasteiger partial charge in [0.15, 0.2) is 5.82 Å². The fourth-order valence-electron chi connectivity index (χ4n) is 2.46. The number of anilines is 2. The molecule has 1 fully saturated rings. The lowest BCUT2D eigenvalue weighted by Gasteiger charge is -2.33. The van der Waals surface area contributed by atoms with Crippen LogP contribution in [0.2, 0.25) is 0 Å². The number of amides is 1. The maximum atomic E-state index is 11.8. The minimum absolute atomic E-state index is 0.0290. The molecule has 1 unspecified atom stereocenters. The molecule has 7 nitrogen and oxygen atoms in total. The van der Waals surface area contributed by atoms with Gasteiger partial charge in [0.2, 0.25) is 11.8 Å². The van der Waals surface area contributed by atoms with Gasteiger partial charge in [0, 0.05) is 20.1 Å². The van der Waals surface area contributed by atoms with E-state index in [4.69, 9.17) is 10.5 Å². The molecule has 0 aliphatic carbocycles. The quantitative estimate of drug-likeness (QED) is 0.829. The zero-order valence-corrected chi connectivity index (χ0v) is 11.9. The summed E-state index contributed by atoms with van der Waals surface area (Å²) in [5.41, 5.74) is 6.50. The molecule has 0 aromatic carbocycles. The van der Waals surface area contributed by atoms with Gasteiger partial charge in [-0.3, -0.25) is 4.79 Å². The van der Waals surface area contributed by atoms with E-state index in [1.54, 1.807) is 7.05 Å². The molecule has 0 spiro atoms. The Labute approximate surface area is 118 Å². The lowest BCUT2D eigenvalue weighted by atomic mass is 9.97. The second-order valence-corrected chi connectivity index (χ2v) is 4.75. The van der Waals surface area contributed by atoms with E-state index >= 15 is 0 Å². The lowest BCUT2D eigenvalue weighted by molar-refractivity contribution is -0.124. The van der Waals surface area contributed by atoms with Crippen LogP contribution in [0.15, 0.2) is 6.33 Å². The molecule has 1 aromatic heterocycles. The van der Waals surface area contributed by atoms with Gasteiger partial charge in [0.1, 0.15) is 12.0 Å². The van der Waals surface area contributed by atoms with E-state index in [2.05, 4.69) is 15.3 Å². The van der Waals surface area contributed by atoms with E-state index in [0.717, 1.165) is 19.4 Å². The van der Waals surface area contributed by atoms with Crippen LogP contribution in [-0.2, 0) is 4.79 Å². The SMILES string of the molecule is CCOc1ncnc(N2CCCC(C(=O)NC)C2)c1N. The molecule has 0 radical (unpaired) electrons. The Morgan fingerprint density at radius 2 is 2.40 bits per heavy atom. The van der Waals surface area contributed by atoms with Crippen molar-refractivity contribution in [2.24, 2.45) is 5.92 Å². The number of carbonyl (C=O) groups is 1. The molecule has 2 rings (SSSR count). The highest BCUT2D eigenvalue weighted by Gasteiger charge is 2.27. The maximum absolute atomic E-state index is 11.8. The molecule has 2 heterocycles. The smallest absolute Gasteiger partial charge is 0.242 e. The standard InChI is InChI=1S/C13H21N5O2/c1-3-20-13-10(14)11(16-8-17-13)18-6-4-5-9(7-18)12(19)15-2/h8-9H,3-7,14H2,1-2H3,(H,15,19). The van der Waals surface area contributed by atoms with Gasteiger partial charge in [-0.2, -0.15) is 4.98 Å². The zero-order valence-electron chi connectivity index (χ0n) is 11.9. The summed E-state index contributed by atoms with van der Waals surface area (Å²) in [6, 6.07) is 0. The molecule has 1 atom stereocenters. The highest BCUT2D eigenvalue weighted by atomic mass is 16.5. The number of hydrogen-bond acceptors (Lipinski definition) is 6. The lowest BCUT2D eigenvalue weighted by Crippen LogP contribution is -2.42. The number of rotatable bonds is 4. The van der Waals surface area contributed by atoms with E-state index in [-0.39, 0.29) is 11.8 Å². The number of nitrogens with one attached hydrogen (secondary N) is 1. The molecule has 1 aliphatic rings. The van der Waals surface area contributed by atoms with Crippen molar-refractivity contribution in [3.05, 3.63) is 6.33 Å². The Balaban J connectivity index is 2.18. The summed E-state index contributed by atoms with van der Waals surface area (Å²) in [6.07, 6.45) is 3.27. The largest absolute Gasteiger partial charge is 0.476 e. The molecular weight excluding hydrogens is 258 g/mol. The Morgan fingerprint density at radius 3 is 3.10 bits per heavy atom. The number of aromatic nitrogens is 2. The van der Waals surface area contributed by atoms with E-state index in [1.165, 1.54) is 6.33 Å². The van der Waals surface area contributed by atoms with Crippen LogP contribution in [-0.4, -0.2) is 42.6 Å². The molecule has 1 amide bonds. The van der Waals surface area contributed by atoms with Crippen LogP contribution in [0.25, 0.3) is 0 Å². The highest BCUT2D eigenvalue weighted by molar-refractivity contribution is 5.79. The molecule has 20 heavy (non-hydrogen) atoms. The second kappa shape index (κ2) is 6.40. The second-order valence-electron chi connectivity index (χ2n) is 4.75. The minimum atomic E-state index is -0.0290. The van der Waals surface area contributed by atoms with E-state index in [0.29, 0.717) is 30.5 Å². The third-order valence-electron chi connectivity index (χ3n) is 3.45. The maximum Gasteiger partial charge on any atom is 0.242 e. The molecule has 1 aliphatic heterocycles. The summed E-state index contributed by atoms with van der Waals surface area (Å²) in [5, 5.41) is 2.70. The van der Waals surface area contributed by atoms with Crippen molar-refractivity contribution in [1.82, 2.24) is 15.3 Å². The summed E-state index contributed by atoms with van der Waals surface area (Å²) in [5.74, 6) is 1.09. The van der Waals surface area contributed by atoms with Crippen molar-refractivity contribution in [3.63, 3.8) is 0 Å². The van der Waals surface area contributed by atoms with Gasteiger partial charge in [0.05, 0.1) is 12.5 Å². The van der Waals surface area contributed by atoms with Gasteiger partial charge in [-0.25, -0.2) is 4.98 Å². The fraction of sp³-hybridized carbons (Fsp3) is 0.615. The van der Waals surface area contributed by atoms with Gasteiger partial charge in [-0.1, -0.05) is 0 Å². The summed E-state index contributed by atoms with van der Waals surface area (Å²) >= 11 is 0. The first-order valence-corrected chi connectivity index (χ1v) is 6.87. The summed E-state index contributed by atoms with van der Waals surface area (Å²) in [7, 11) is 1.66. The van der Waals surface area contributed by atoms with Crippen molar-refractivity contribution >= 4 is 17.4 Å². The van der Waals surface area contributed by atoms with Crippen molar-refractivity contribution < 1.29 is 9.53 Å². The fourth-order valence-corrected chi connectivity index (χ4v) is 2.46. The number of hydrogen-bond donors (Lipinski definition) is 2. The van der Waals surface area contributed by atoms with Crippen LogP contribution in [0.4, 0.5) is 11.5 Å². The molecular formula is C13H21N5O2. The number of ether oxygens (including phenoxy) is 1. The normalized spacial score (nSPS) is 18.7. The number of piperidine rings is 1. The van der Waals surface area contributed by atoms with Gasteiger partial charge in [-0.15, -0.1) is 0 Å². The number of nitrogen functional groups attached to an aromatic ring is 1. The Kier molecular flexibility index (Phi) is 4.60. The Bertz CT molecular complexity index is 480. The van der Waals surface area contributed by atoms with Crippen molar-refractivity contribution in [1.29, 1.82) is 0 Å². The first kappa shape index (κ1) is 14.4.